The highest BCUT2D eigenvalue weighted by Crippen LogP contribution is 2.26. The molecule has 1 unspecified atom stereocenters. The second-order valence-electron chi connectivity index (χ2n) is 5.36. The molecule has 116 valence electrons. The summed E-state index contributed by atoms with van der Waals surface area (Å²) in [6, 6.07) is 3.60. The molecule has 1 rings (SSSR count). The van der Waals surface area contributed by atoms with Crippen molar-refractivity contribution in [2.45, 2.75) is 32.4 Å². The number of anilines is 1. The molecule has 0 aliphatic heterocycles. The summed E-state index contributed by atoms with van der Waals surface area (Å²) in [6.07, 6.45) is -0.609. The van der Waals surface area contributed by atoms with Crippen molar-refractivity contribution in [2.75, 3.05) is 12.4 Å². The third-order valence-electron chi connectivity index (χ3n) is 2.43. The van der Waals surface area contributed by atoms with Gasteiger partial charge in [0, 0.05) is 16.3 Å². The number of nitrogens with two attached hydrogens (primary N) is 1. The van der Waals surface area contributed by atoms with Crippen molar-refractivity contribution in [2.24, 2.45) is 5.73 Å². The highest BCUT2D eigenvalue weighted by Gasteiger charge is 2.21. The summed E-state index contributed by atoms with van der Waals surface area (Å²) >= 11 is 6.00. The third kappa shape index (κ3) is 5.24. The van der Waals surface area contributed by atoms with E-state index >= 15 is 0 Å². The van der Waals surface area contributed by atoms with Gasteiger partial charge in [-0.25, -0.2) is 4.79 Å². The van der Waals surface area contributed by atoms with Gasteiger partial charge in [0.15, 0.2) is 0 Å². The number of hydrogen-bond donors (Lipinski definition) is 2. The second kappa shape index (κ2) is 6.78. The number of rotatable bonds is 3. The molecule has 1 atom stereocenters. The number of amides is 1. The van der Waals surface area contributed by atoms with Crippen LogP contribution in [-0.4, -0.2) is 24.8 Å². The molecule has 1 amide bonds. The van der Waals surface area contributed by atoms with Crippen LogP contribution in [0.25, 0.3) is 0 Å². The molecule has 0 bridgehead atoms. The molecule has 0 saturated carbocycles. The summed E-state index contributed by atoms with van der Waals surface area (Å²) in [5.74, 6) is -0.619. The lowest BCUT2D eigenvalue weighted by atomic mass is 10.1. The predicted octanol–water partition coefficient (Wildman–Crippen LogP) is 2.86. The molecule has 3 N–H and O–H groups in total. The van der Waals surface area contributed by atoms with E-state index in [1.165, 1.54) is 19.2 Å². The Bertz CT molecular complexity index is 540. The number of methoxy groups -OCH3 is 1. The van der Waals surface area contributed by atoms with Crippen molar-refractivity contribution in [3.8, 4) is 0 Å². The summed E-state index contributed by atoms with van der Waals surface area (Å²) in [5.41, 5.74) is 5.92. The number of ether oxygens (including phenoxy) is 2. The Labute approximate surface area is 128 Å². The summed E-state index contributed by atoms with van der Waals surface area (Å²) in [6.45, 7) is 5.27. The van der Waals surface area contributed by atoms with Crippen LogP contribution in [-0.2, 0) is 14.3 Å². The Hall–Kier alpha value is -1.79. The molecule has 7 heteroatoms. The number of carbonyl (C=O) groups is 2. The van der Waals surface area contributed by atoms with Crippen LogP contribution < -0.4 is 11.1 Å². The fourth-order valence-corrected chi connectivity index (χ4v) is 1.77. The predicted molar refractivity (Wildman–Crippen MR) is 80.3 cm³/mol. The lowest BCUT2D eigenvalue weighted by Gasteiger charge is -2.20. The van der Waals surface area contributed by atoms with E-state index in [4.69, 9.17) is 22.1 Å². The molecule has 0 spiro atoms. The monoisotopic (exact) mass is 314 g/mol. The minimum Gasteiger partial charge on any atom is -0.468 e. The number of carbonyl (C=O) groups excluding carboxylic acids is 2. The summed E-state index contributed by atoms with van der Waals surface area (Å²) < 4.78 is 9.71. The summed E-state index contributed by atoms with van der Waals surface area (Å²) in [7, 11) is 1.24. The van der Waals surface area contributed by atoms with Gasteiger partial charge in [-0.1, -0.05) is 11.6 Å². The molecule has 6 nitrogen and oxygen atoms in total. The van der Waals surface area contributed by atoms with E-state index in [0.717, 1.165) is 0 Å². The van der Waals surface area contributed by atoms with Crippen LogP contribution in [0.15, 0.2) is 18.2 Å². The molecule has 0 aromatic heterocycles. The van der Waals surface area contributed by atoms with Crippen molar-refractivity contribution in [1.82, 2.24) is 0 Å². The molecule has 0 aliphatic carbocycles. The van der Waals surface area contributed by atoms with Crippen molar-refractivity contribution >= 4 is 29.4 Å². The molecular formula is C14H19ClN2O4. The highest BCUT2D eigenvalue weighted by atomic mass is 35.5. The van der Waals surface area contributed by atoms with Gasteiger partial charge in [-0.05, 0) is 39.0 Å². The van der Waals surface area contributed by atoms with Crippen molar-refractivity contribution in [1.29, 1.82) is 0 Å². The van der Waals surface area contributed by atoms with Crippen molar-refractivity contribution in [3.05, 3.63) is 28.8 Å². The Balaban J connectivity index is 2.92. The third-order valence-corrected chi connectivity index (χ3v) is 2.78. The maximum absolute atomic E-state index is 11.7. The van der Waals surface area contributed by atoms with Crippen LogP contribution in [0, 0.1) is 0 Å². The Morgan fingerprint density at radius 3 is 2.48 bits per heavy atom. The van der Waals surface area contributed by atoms with Gasteiger partial charge in [0.05, 0.1) is 7.11 Å². The SMILES string of the molecule is COC(=O)C(N)c1cc(NC(=O)OC(C)(C)C)ccc1Cl. The van der Waals surface area contributed by atoms with Crippen molar-refractivity contribution < 1.29 is 19.1 Å². The van der Waals surface area contributed by atoms with Gasteiger partial charge in [0.25, 0.3) is 0 Å². The zero-order valence-corrected chi connectivity index (χ0v) is 13.2. The second-order valence-corrected chi connectivity index (χ2v) is 5.77. The van der Waals surface area contributed by atoms with E-state index in [0.29, 0.717) is 16.3 Å². The maximum atomic E-state index is 11.7. The lowest BCUT2D eigenvalue weighted by molar-refractivity contribution is -0.142. The number of benzene rings is 1. The van der Waals surface area contributed by atoms with Crippen molar-refractivity contribution in [3.63, 3.8) is 0 Å². The first kappa shape index (κ1) is 17.3. The topological polar surface area (TPSA) is 90.6 Å². The van der Waals surface area contributed by atoms with Crippen LogP contribution in [0.1, 0.15) is 32.4 Å². The fourth-order valence-electron chi connectivity index (χ4n) is 1.54. The van der Waals surface area contributed by atoms with E-state index in [2.05, 4.69) is 10.1 Å². The van der Waals surface area contributed by atoms with Gasteiger partial charge in [-0.2, -0.15) is 0 Å². The van der Waals surface area contributed by atoms with E-state index in [1.807, 2.05) is 0 Å². The average Bonchev–Trinajstić information content (AvgIpc) is 2.37. The van der Waals surface area contributed by atoms with Gasteiger partial charge >= 0.3 is 12.1 Å². The van der Waals surface area contributed by atoms with Crippen LogP contribution in [0.4, 0.5) is 10.5 Å². The van der Waals surface area contributed by atoms with Crippen LogP contribution in [0.2, 0.25) is 5.02 Å². The molecule has 0 heterocycles. The first-order valence-corrected chi connectivity index (χ1v) is 6.64. The largest absolute Gasteiger partial charge is 0.468 e. The summed E-state index contributed by atoms with van der Waals surface area (Å²) in [4.78, 5) is 23.2. The number of halogens is 1. The maximum Gasteiger partial charge on any atom is 0.412 e. The van der Waals surface area contributed by atoms with Gasteiger partial charge < -0.3 is 15.2 Å². The number of esters is 1. The first-order valence-electron chi connectivity index (χ1n) is 6.27. The standard InChI is InChI=1S/C14H19ClN2O4/c1-14(2,3)21-13(19)17-8-5-6-10(15)9(7-8)11(16)12(18)20-4/h5-7,11H,16H2,1-4H3,(H,17,19). The highest BCUT2D eigenvalue weighted by molar-refractivity contribution is 6.31. The van der Waals surface area contributed by atoms with Gasteiger partial charge in [0.2, 0.25) is 0 Å². The molecular weight excluding hydrogens is 296 g/mol. The van der Waals surface area contributed by atoms with E-state index < -0.39 is 23.7 Å². The Kier molecular flexibility index (Phi) is 5.57. The summed E-state index contributed by atoms with van der Waals surface area (Å²) in [5, 5.41) is 2.86. The zero-order chi connectivity index (χ0) is 16.2. The lowest BCUT2D eigenvalue weighted by Crippen LogP contribution is -2.27. The van der Waals surface area contributed by atoms with Gasteiger partial charge in [-0.15, -0.1) is 0 Å². The molecule has 1 aromatic rings. The molecule has 0 radical (unpaired) electrons. The van der Waals surface area contributed by atoms with E-state index in [9.17, 15) is 9.59 Å². The quantitative estimate of drug-likeness (QED) is 0.837. The van der Waals surface area contributed by atoms with Gasteiger partial charge in [0.1, 0.15) is 11.6 Å². The normalized spacial score (nSPS) is 12.5. The number of nitrogens with one attached hydrogen (secondary N) is 1. The molecule has 0 fully saturated rings. The van der Waals surface area contributed by atoms with Crippen LogP contribution in [0.3, 0.4) is 0 Å². The minimum atomic E-state index is -1.03. The van der Waals surface area contributed by atoms with Gasteiger partial charge in [-0.3, -0.25) is 10.1 Å². The van der Waals surface area contributed by atoms with Crippen LogP contribution in [0.5, 0.6) is 0 Å². The number of hydrogen-bond acceptors (Lipinski definition) is 5. The molecule has 21 heavy (non-hydrogen) atoms. The fraction of sp³-hybridized carbons (Fsp3) is 0.429. The Morgan fingerprint density at radius 2 is 1.95 bits per heavy atom. The molecule has 0 saturated heterocycles. The van der Waals surface area contributed by atoms with E-state index in [1.54, 1.807) is 26.8 Å². The molecule has 1 aromatic carbocycles. The zero-order valence-electron chi connectivity index (χ0n) is 12.4. The smallest absolute Gasteiger partial charge is 0.412 e. The van der Waals surface area contributed by atoms with E-state index in [-0.39, 0.29) is 0 Å². The van der Waals surface area contributed by atoms with Crippen LogP contribution >= 0.6 is 11.6 Å². The molecule has 0 aliphatic rings. The minimum absolute atomic E-state index is 0.308. The first-order chi connectivity index (χ1) is 9.64. The Morgan fingerprint density at radius 1 is 1.33 bits per heavy atom. The average molecular weight is 315 g/mol.